The van der Waals surface area contributed by atoms with Gasteiger partial charge in [-0.2, -0.15) is 0 Å². The van der Waals surface area contributed by atoms with Crippen molar-refractivity contribution in [1.82, 2.24) is 30.4 Å². The lowest BCUT2D eigenvalue weighted by Gasteiger charge is -2.38. The van der Waals surface area contributed by atoms with Crippen molar-refractivity contribution in [3.8, 4) is 33.5 Å². The highest BCUT2D eigenvalue weighted by Crippen LogP contribution is 2.64. The van der Waals surface area contributed by atoms with Crippen LogP contribution in [0.3, 0.4) is 0 Å². The molecule has 13 nitrogen and oxygen atoms in total. The van der Waals surface area contributed by atoms with Gasteiger partial charge in [0.2, 0.25) is 11.8 Å². The molecule has 4 heterocycles. The Morgan fingerprint density at radius 1 is 0.788 bits per heavy atom. The molecule has 4 amide bonds. The van der Waals surface area contributed by atoms with Crippen molar-refractivity contribution in [2.24, 2.45) is 28.2 Å². The van der Waals surface area contributed by atoms with E-state index in [2.05, 4.69) is 75.1 Å². The molecule has 3 saturated carbocycles. The number of aromatic nitrogens is 2. The summed E-state index contributed by atoms with van der Waals surface area (Å²) >= 11 is 0. The van der Waals surface area contributed by atoms with Crippen LogP contribution in [-0.2, 0) is 30.9 Å². The summed E-state index contributed by atoms with van der Waals surface area (Å²) in [6, 6.07) is 18.9. The van der Waals surface area contributed by atoms with Crippen LogP contribution in [-0.4, -0.2) is 94.4 Å². The SMILES string of the molecule is C.COC(=O)N[C@H](C(=O)N1CC2(CC2)C[C@H]1c1ncc(-c2ccc3c(c2)C2(CC2)c2cc(-c4ccc5c(c4)CC([C@@H]4[C@H]6CC[C@H](C6)N4C(=O)[C@@H](NC(=O)OC)C(C)C)=N5)ccc2-3)[nH]1)C(C)C. The lowest BCUT2D eigenvalue weighted by Crippen LogP contribution is -2.57. The topological polar surface area (TPSA) is 158 Å². The third-order valence-electron chi connectivity index (χ3n) is 16.1. The number of rotatable bonds is 10. The largest absolute Gasteiger partial charge is 0.453 e. The first-order valence-corrected chi connectivity index (χ1v) is 23.7. The molecular weight excluding hydrogens is 831 g/mol. The number of nitrogens with one attached hydrogen (secondary N) is 3. The maximum atomic E-state index is 14.2. The second-order valence-corrected chi connectivity index (χ2v) is 20.7. The van der Waals surface area contributed by atoms with E-state index in [1.807, 2.05) is 38.8 Å². The molecule has 3 aliphatic heterocycles. The minimum absolute atomic E-state index is 0. The standard InChI is InChI=1S/C52H59N7O6.CH4/c1-27(2)43(56-49(62)64-5)47(60)58-26-51(15-16-51)24-42(58)46-53-25-41(55-46)31-9-13-36-35-12-8-30(21-37(35)52(17-18-52)38(36)22-31)29-10-14-39-33(19-29)23-40(54-39)45-32-7-11-34(20-32)59(45)48(61)44(28(3)4)57-50(63)65-6;/h8-10,12-14,19,21-22,25,27-28,32,34,42-45H,7,11,15-18,20,23-24,26H2,1-6H3,(H,53,55)(H,56,62)(H,57,63);1H4/t32-,34+,42-,43-,44-,45-;/m0./s1. The quantitative estimate of drug-likeness (QED) is 0.143. The number of nitrogens with zero attached hydrogens (tertiary/aromatic N) is 4. The fraction of sp³-hybridized carbons (Fsp3) is 0.509. The summed E-state index contributed by atoms with van der Waals surface area (Å²) in [5, 5.41) is 5.59. The zero-order valence-corrected chi connectivity index (χ0v) is 38.2. The minimum atomic E-state index is -0.684. The van der Waals surface area contributed by atoms with Gasteiger partial charge in [-0.15, -0.1) is 0 Å². The average Bonchev–Trinajstić information content (AvgIpc) is 3.74. The number of fused-ring (bicyclic) bond motifs is 8. The first-order chi connectivity index (χ1) is 31.3. The highest BCUT2D eigenvalue weighted by molar-refractivity contribution is 6.02. The summed E-state index contributed by atoms with van der Waals surface area (Å²) < 4.78 is 9.74. The second-order valence-electron chi connectivity index (χ2n) is 20.7. The summed E-state index contributed by atoms with van der Waals surface area (Å²) in [4.78, 5) is 70.4. The Balaban J connectivity index is 0.00000511. The molecule has 0 unspecified atom stereocenters. The molecule has 346 valence electrons. The minimum Gasteiger partial charge on any atom is -0.453 e. The second kappa shape index (κ2) is 16.1. The van der Waals surface area contributed by atoms with Crippen molar-refractivity contribution >= 4 is 35.4 Å². The Morgan fingerprint density at radius 3 is 2.05 bits per heavy atom. The summed E-state index contributed by atoms with van der Waals surface area (Å²) in [6.45, 7) is 8.47. The van der Waals surface area contributed by atoms with Gasteiger partial charge in [-0.05, 0) is 143 Å². The van der Waals surface area contributed by atoms with Gasteiger partial charge in [0.1, 0.15) is 17.9 Å². The number of imidazole rings is 1. The number of benzene rings is 3. The van der Waals surface area contributed by atoms with E-state index in [-0.39, 0.29) is 60.0 Å². The first kappa shape index (κ1) is 43.9. The normalized spacial score (nSPS) is 23.8. The van der Waals surface area contributed by atoms with Crippen LogP contribution in [0.2, 0.25) is 0 Å². The van der Waals surface area contributed by atoms with Gasteiger partial charge < -0.3 is 34.9 Å². The number of piperidine rings is 1. The van der Waals surface area contributed by atoms with Crippen LogP contribution in [0.5, 0.6) is 0 Å². The number of alkyl carbamates (subject to hydrolysis) is 2. The molecule has 1 aromatic heterocycles. The van der Waals surface area contributed by atoms with E-state index in [0.29, 0.717) is 18.9 Å². The van der Waals surface area contributed by atoms with Crippen LogP contribution in [0.4, 0.5) is 15.3 Å². The zero-order chi connectivity index (χ0) is 45.1. The Morgan fingerprint density at radius 2 is 1.41 bits per heavy atom. The van der Waals surface area contributed by atoms with E-state index in [9.17, 15) is 19.2 Å². The molecule has 66 heavy (non-hydrogen) atoms. The number of carbonyl (C=O) groups is 4. The number of aliphatic imine (C=N–C) groups is 1. The van der Waals surface area contributed by atoms with Crippen LogP contribution in [0, 0.1) is 23.2 Å². The van der Waals surface area contributed by atoms with E-state index in [1.165, 1.54) is 47.6 Å². The molecule has 2 bridgehead atoms. The van der Waals surface area contributed by atoms with Gasteiger partial charge >= 0.3 is 12.2 Å². The molecule has 4 aliphatic carbocycles. The van der Waals surface area contributed by atoms with Gasteiger partial charge in [0.15, 0.2) is 0 Å². The Hall–Kier alpha value is -5.98. The van der Waals surface area contributed by atoms with Gasteiger partial charge in [-0.3, -0.25) is 14.6 Å². The zero-order valence-electron chi connectivity index (χ0n) is 38.2. The molecule has 5 fully saturated rings. The van der Waals surface area contributed by atoms with Crippen LogP contribution in [0.25, 0.3) is 33.5 Å². The Kier molecular flexibility index (Phi) is 10.7. The smallest absolute Gasteiger partial charge is 0.407 e. The fourth-order valence-electron chi connectivity index (χ4n) is 12.3. The molecule has 0 radical (unpaired) electrons. The Labute approximate surface area is 387 Å². The van der Waals surface area contributed by atoms with Gasteiger partial charge in [0.05, 0.1) is 43.9 Å². The van der Waals surface area contributed by atoms with Crippen LogP contribution in [0.1, 0.15) is 115 Å². The third-order valence-corrected chi connectivity index (χ3v) is 16.1. The Bertz CT molecular complexity index is 2680. The first-order valence-electron chi connectivity index (χ1n) is 23.7. The lowest BCUT2D eigenvalue weighted by molar-refractivity contribution is -0.137. The predicted molar refractivity (Wildman–Crippen MR) is 253 cm³/mol. The maximum Gasteiger partial charge on any atom is 0.407 e. The number of aromatic amines is 1. The monoisotopic (exact) mass is 893 g/mol. The highest BCUT2D eigenvalue weighted by Gasteiger charge is 2.56. The molecule has 6 atom stereocenters. The van der Waals surface area contributed by atoms with Crippen LogP contribution in [0.15, 0.2) is 65.8 Å². The van der Waals surface area contributed by atoms with Crippen LogP contribution < -0.4 is 10.6 Å². The molecule has 2 saturated heterocycles. The summed E-state index contributed by atoms with van der Waals surface area (Å²) in [5.74, 6) is 0.834. The summed E-state index contributed by atoms with van der Waals surface area (Å²) in [6.07, 6.45) is 9.70. The number of amides is 4. The number of methoxy groups -OCH3 is 2. The molecule has 11 rings (SSSR count). The van der Waals surface area contributed by atoms with Gasteiger partial charge in [0, 0.05) is 30.1 Å². The van der Waals surface area contributed by atoms with Crippen LogP contribution >= 0.6 is 0 Å². The van der Waals surface area contributed by atoms with Crippen molar-refractivity contribution in [3.05, 3.63) is 83.3 Å². The molecule has 4 aromatic rings. The highest BCUT2D eigenvalue weighted by atomic mass is 16.5. The maximum absolute atomic E-state index is 14.2. The van der Waals surface area contributed by atoms with Gasteiger partial charge in [-0.1, -0.05) is 65.5 Å². The number of hydrogen-bond donors (Lipinski definition) is 3. The van der Waals surface area contributed by atoms with Crippen molar-refractivity contribution in [2.45, 2.75) is 129 Å². The van der Waals surface area contributed by atoms with Crippen molar-refractivity contribution in [3.63, 3.8) is 0 Å². The number of ether oxygens (including phenoxy) is 2. The fourth-order valence-corrected chi connectivity index (χ4v) is 12.3. The third kappa shape index (κ3) is 7.10. The number of hydrogen-bond acceptors (Lipinski definition) is 8. The van der Waals surface area contributed by atoms with Gasteiger partial charge in [0.25, 0.3) is 0 Å². The average molecular weight is 894 g/mol. The number of carbonyl (C=O) groups excluding carboxylic acids is 4. The van der Waals surface area contributed by atoms with E-state index in [0.717, 1.165) is 85.4 Å². The number of likely N-dealkylation sites (tertiary alicyclic amines) is 2. The van der Waals surface area contributed by atoms with E-state index in [4.69, 9.17) is 19.5 Å². The van der Waals surface area contributed by atoms with Gasteiger partial charge in [-0.25, -0.2) is 14.6 Å². The molecule has 3 N–H and O–H groups in total. The van der Waals surface area contributed by atoms with Crippen molar-refractivity contribution in [2.75, 3.05) is 20.8 Å². The molecule has 2 spiro atoms. The van der Waals surface area contributed by atoms with E-state index >= 15 is 0 Å². The molecule has 3 aromatic carbocycles. The molecular formula is C53H63N7O6. The van der Waals surface area contributed by atoms with E-state index in [1.54, 1.807) is 0 Å². The van der Waals surface area contributed by atoms with Crippen molar-refractivity contribution in [1.29, 1.82) is 0 Å². The molecule has 7 aliphatic rings. The van der Waals surface area contributed by atoms with Crippen molar-refractivity contribution < 1.29 is 28.7 Å². The summed E-state index contributed by atoms with van der Waals surface area (Å²) in [7, 11) is 2.65. The summed E-state index contributed by atoms with van der Waals surface area (Å²) in [5.41, 5.74) is 13.0. The molecule has 13 heteroatoms. The number of H-pyrrole nitrogens is 1. The predicted octanol–water partition coefficient (Wildman–Crippen LogP) is 9.26. The lowest BCUT2D eigenvalue weighted by atomic mass is 9.89. The van der Waals surface area contributed by atoms with E-state index < -0.39 is 24.3 Å².